The Bertz CT molecular complexity index is 730. The number of esters is 2. The van der Waals surface area contributed by atoms with Gasteiger partial charge >= 0.3 is 11.9 Å². The summed E-state index contributed by atoms with van der Waals surface area (Å²) < 4.78 is 11.5. The highest BCUT2D eigenvalue weighted by Gasteiger charge is 2.57. The first-order chi connectivity index (χ1) is 12.9. The van der Waals surface area contributed by atoms with Crippen LogP contribution in [0.3, 0.4) is 0 Å². The third-order valence-electron chi connectivity index (χ3n) is 4.73. The number of benzene rings is 1. The summed E-state index contributed by atoms with van der Waals surface area (Å²) in [7, 11) is 0. The average molecular weight is 455 g/mol. The fourth-order valence-corrected chi connectivity index (χ4v) is 3.98. The van der Waals surface area contributed by atoms with Gasteiger partial charge in [0.05, 0.1) is 23.7 Å². The van der Waals surface area contributed by atoms with Crippen molar-refractivity contribution in [2.24, 2.45) is 11.8 Å². The number of hydrogen-bond acceptors (Lipinski definition) is 6. The zero-order chi connectivity index (χ0) is 21.2. The molecule has 0 spiro atoms. The molecule has 1 N–H and O–H groups in total. The van der Waals surface area contributed by atoms with Gasteiger partial charge in [-0.05, 0) is 52.3 Å². The molecule has 0 radical (unpaired) electrons. The fraction of sp³-hybridized carbons (Fsp3) is 0.571. The molecule has 1 aromatic carbocycles. The maximum Gasteiger partial charge on any atom is 0.317 e. The summed E-state index contributed by atoms with van der Waals surface area (Å²) >= 11 is 3.36. The Kier molecular flexibility index (Phi) is 7.04. The summed E-state index contributed by atoms with van der Waals surface area (Å²) in [4.78, 5) is 38.6. The number of Topliss-reactive ketones (excluding diaryl/α,β-unsaturated/α-hetero) is 1. The molecule has 0 saturated heterocycles. The van der Waals surface area contributed by atoms with E-state index in [9.17, 15) is 19.5 Å². The molecule has 4 atom stereocenters. The predicted octanol–water partition coefficient (Wildman–Crippen LogP) is 3.39. The monoisotopic (exact) mass is 454 g/mol. The van der Waals surface area contributed by atoms with Crippen molar-refractivity contribution >= 4 is 33.7 Å². The second-order valence-electron chi connectivity index (χ2n) is 8.00. The molecule has 0 aromatic heterocycles. The van der Waals surface area contributed by atoms with Crippen LogP contribution in [0.15, 0.2) is 28.7 Å². The first-order valence-electron chi connectivity index (χ1n) is 9.35. The molecule has 0 heterocycles. The van der Waals surface area contributed by atoms with Crippen LogP contribution in [0.4, 0.5) is 0 Å². The first-order valence-corrected chi connectivity index (χ1v) is 10.1. The van der Waals surface area contributed by atoms with E-state index in [1.54, 1.807) is 52.0 Å². The van der Waals surface area contributed by atoms with Crippen molar-refractivity contribution in [2.75, 3.05) is 0 Å². The van der Waals surface area contributed by atoms with Crippen LogP contribution in [0, 0.1) is 11.8 Å². The van der Waals surface area contributed by atoms with Crippen LogP contribution in [-0.2, 0) is 23.9 Å². The molecule has 1 aliphatic carbocycles. The second kappa shape index (κ2) is 8.74. The lowest BCUT2D eigenvalue weighted by atomic mass is 9.61. The third kappa shape index (κ3) is 5.00. The van der Waals surface area contributed by atoms with Crippen LogP contribution in [0.25, 0.3) is 0 Å². The van der Waals surface area contributed by atoms with Gasteiger partial charge in [-0.25, -0.2) is 0 Å². The van der Waals surface area contributed by atoms with E-state index in [0.29, 0.717) is 5.56 Å². The number of hydrogen-bond donors (Lipinski definition) is 1. The van der Waals surface area contributed by atoms with Gasteiger partial charge in [-0.15, -0.1) is 0 Å². The summed E-state index contributed by atoms with van der Waals surface area (Å²) in [6.07, 6.45) is -1.13. The van der Waals surface area contributed by atoms with Crippen LogP contribution in [0.1, 0.15) is 52.5 Å². The molecule has 0 bridgehead atoms. The van der Waals surface area contributed by atoms with Crippen LogP contribution in [0.5, 0.6) is 0 Å². The van der Waals surface area contributed by atoms with Crippen LogP contribution < -0.4 is 0 Å². The Morgan fingerprint density at radius 2 is 1.57 bits per heavy atom. The molecule has 1 aromatic rings. The zero-order valence-corrected chi connectivity index (χ0v) is 18.4. The van der Waals surface area contributed by atoms with E-state index in [1.807, 2.05) is 0 Å². The number of rotatable bonds is 5. The van der Waals surface area contributed by atoms with Crippen molar-refractivity contribution in [3.8, 4) is 0 Å². The summed E-state index contributed by atoms with van der Waals surface area (Å²) in [6.45, 7) is 8.24. The van der Waals surface area contributed by atoms with Gasteiger partial charge < -0.3 is 14.6 Å². The summed E-state index contributed by atoms with van der Waals surface area (Å²) in [5.41, 5.74) is -1.05. The van der Waals surface area contributed by atoms with Crippen molar-refractivity contribution in [2.45, 2.75) is 64.8 Å². The first kappa shape index (κ1) is 22.6. The third-order valence-corrected chi connectivity index (χ3v) is 5.26. The van der Waals surface area contributed by atoms with E-state index in [0.717, 1.165) is 4.47 Å². The maximum atomic E-state index is 12.9. The van der Waals surface area contributed by atoms with Crippen molar-refractivity contribution in [3.63, 3.8) is 0 Å². The van der Waals surface area contributed by atoms with Gasteiger partial charge in [-0.1, -0.05) is 28.1 Å². The van der Waals surface area contributed by atoms with E-state index in [-0.39, 0.29) is 6.42 Å². The summed E-state index contributed by atoms with van der Waals surface area (Å²) in [5, 5.41) is 11.0. The van der Waals surface area contributed by atoms with Gasteiger partial charge in [0.2, 0.25) is 0 Å². The van der Waals surface area contributed by atoms with Crippen molar-refractivity contribution < 1.29 is 29.0 Å². The van der Waals surface area contributed by atoms with E-state index in [1.165, 1.54) is 6.92 Å². The highest BCUT2D eigenvalue weighted by atomic mass is 79.9. The molecular weight excluding hydrogens is 428 g/mol. The molecular formula is C21H27BrO6. The van der Waals surface area contributed by atoms with Gasteiger partial charge in [-0.2, -0.15) is 0 Å². The zero-order valence-electron chi connectivity index (χ0n) is 16.8. The normalized spacial score (nSPS) is 27.8. The molecule has 154 valence electrons. The minimum Gasteiger partial charge on any atom is -0.463 e. The summed E-state index contributed by atoms with van der Waals surface area (Å²) in [6, 6.07) is 6.99. The number of carbonyl (C=O) groups is 3. The Labute approximate surface area is 173 Å². The van der Waals surface area contributed by atoms with Crippen molar-refractivity contribution in [1.29, 1.82) is 0 Å². The van der Waals surface area contributed by atoms with Gasteiger partial charge in [0, 0.05) is 16.8 Å². The van der Waals surface area contributed by atoms with Crippen LogP contribution in [-0.4, -0.2) is 40.6 Å². The van der Waals surface area contributed by atoms with Gasteiger partial charge in [0.1, 0.15) is 5.92 Å². The highest BCUT2D eigenvalue weighted by Crippen LogP contribution is 2.47. The number of aliphatic hydroxyl groups is 1. The topological polar surface area (TPSA) is 89.9 Å². The minimum atomic E-state index is -1.64. The Hall–Kier alpha value is -1.73. The number of halogens is 1. The molecule has 1 aliphatic rings. The fourth-order valence-electron chi connectivity index (χ4n) is 3.71. The van der Waals surface area contributed by atoms with Gasteiger partial charge in [0.25, 0.3) is 0 Å². The molecule has 2 rings (SSSR count). The molecule has 0 aliphatic heterocycles. The number of carbonyl (C=O) groups excluding carboxylic acids is 3. The average Bonchev–Trinajstić information content (AvgIpc) is 2.52. The summed E-state index contributed by atoms with van der Waals surface area (Å²) in [5.74, 6) is -4.93. The smallest absolute Gasteiger partial charge is 0.317 e. The molecule has 0 amide bonds. The minimum absolute atomic E-state index is 0.324. The standard InChI is InChI=1S/C21H27BrO6/c1-11(2)27-19(24)17-15(23)10-21(5,26)18(20(25)28-12(3)4)16(17)13-6-8-14(22)9-7-13/h6-9,11-12,16-18,26H,10H2,1-5H3/t16-,17+,18-,21+/m1/s1. The Balaban J connectivity index is 2.59. The van der Waals surface area contributed by atoms with Crippen molar-refractivity contribution in [1.82, 2.24) is 0 Å². The Morgan fingerprint density at radius 1 is 1.07 bits per heavy atom. The van der Waals surface area contributed by atoms with Gasteiger partial charge in [0.15, 0.2) is 5.78 Å². The number of ketones is 1. The molecule has 7 heteroatoms. The largest absolute Gasteiger partial charge is 0.463 e. The van der Waals surface area contributed by atoms with Crippen LogP contribution in [0.2, 0.25) is 0 Å². The van der Waals surface area contributed by atoms with Crippen molar-refractivity contribution in [3.05, 3.63) is 34.3 Å². The highest BCUT2D eigenvalue weighted by molar-refractivity contribution is 9.10. The molecule has 1 saturated carbocycles. The van der Waals surface area contributed by atoms with Gasteiger partial charge in [-0.3, -0.25) is 14.4 Å². The van der Waals surface area contributed by atoms with E-state index in [4.69, 9.17) is 9.47 Å². The van der Waals surface area contributed by atoms with E-state index in [2.05, 4.69) is 15.9 Å². The Morgan fingerprint density at radius 3 is 2.07 bits per heavy atom. The second-order valence-corrected chi connectivity index (χ2v) is 8.92. The lowest BCUT2D eigenvalue weighted by Gasteiger charge is -2.44. The molecule has 0 unspecified atom stereocenters. The predicted molar refractivity (Wildman–Crippen MR) is 107 cm³/mol. The quantitative estimate of drug-likeness (QED) is 0.541. The van der Waals surface area contributed by atoms with E-state index < -0.39 is 53.3 Å². The van der Waals surface area contributed by atoms with Crippen LogP contribution >= 0.6 is 15.9 Å². The molecule has 6 nitrogen and oxygen atoms in total. The lowest BCUT2D eigenvalue weighted by Crippen LogP contribution is -2.55. The SMILES string of the molecule is CC(C)OC(=O)[C@H]1C(=O)C[C@](C)(O)[C@@H](C(=O)OC(C)C)[C@@H]1c1ccc(Br)cc1. The maximum absolute atomic E-state index is 12.9. The lowest BCUT2D eigenvalue weighted by molar-refractivity contribution is -0.176. The number of ether oxygens (including phenoxy) is 2. The molecule has 1 fully saturated rings. The van der Waals surface area contributed by atoms with E-state index >= 15 is 0 Å². The molecule has 28 heavy (non-hydrogen) atoms.